The van der Waals surface area contributed by atoms with Gasteiger partial charge in [-0.05, 0) is 119 Å². The number of rotatable bonds is 3. The van der Waals surface area contributed by atoms with Crippen molar-refractivity contribution in [2.75, 3.05) is 0 Å². The number of benzene rings is 6. The molecule has 51 heavy (non-hydrogen) atoms. The highest BCUT2D eigenvalue weighted by Crippen LogP contribution is 2.69. The molecule has 244 valence electrons. The fourth-order valence-electron chi connectivity index (χ4n) is 11.3. The van der Waals surface area contributed by atoms with Crippen LogP contribution in [0.4, 0.5) is 0 Å². The minimum atomic E-state index is 0.0530. The van der Waals surface area contributed by atoms with E-state index >= 15 is 0 Å². The first-order chi connectivity index (χ1) is 25.2. The number of fused-ring (bicyclic) bond motifs is 7. The predicted molar refractivity (Wildman–Crippen MR) is 210 cm³/mol. The van der Waals surface area contributed by atoms with Crippen LogP contribution in [0.3, 0.4) is 0 Å². The Morgan fingerprint density at radius 2 is 1.12 bits per heavy atom. The highest BCUT2D eigenvalue weighted by atomic mass is 32.1. The SMILES string of the molecule is c1ccc(-c2nc(-c3ccc4c(c3)C3(c5cc6ccccc6cc5-4)C4CC5CC(C4)CC3C5)nc(-c3cccc4sc5ccccc5c34)n2)cc1. The highest BCUT2D eigenvalue weighted by Gasteiger charge is 2.61. The molecule has 4 bridgehead atoms. The molecule has 0 unspecified atom stereocenters. The normalized spacial score (nSPS) is 24.2. The zero-order valence-electron chi connectivity index (χ0n) is 28.2. The molecule has 4 fully saturated rings. The Labute approximate surface area is 301 Å². The minimum Gasteiger partial charge on any atom is -0.208 e. The molecule has 0 N–H and O–H groups in total. The Morgan fingerprint density at radius 3 is 1.92 bits per heavy atom. The monoisotopic (exact) mass is 673 g/mol. The van der Waals surface area contributed by atoms with E-state index in [1.807, 2.05) is 11.3 Å². The highest BCUT2D eigenvalue weighted by molar-refractivity contribution is 7.25. The summed E-state index contributed by atoms with van der Waals surface area (Å²) in [6.07, 6.45) is 6.87. The predicted octanol–water partition coefficient (Wildman–Crippen LogP) is 12.1. The van der Waals surface area contributed by atoms with Gasteiger partial charge in [0.15, 0.2) is 17.5 Å². The van der Waals surface area contributed by atoms with Gasteiger partial charge in [0, 0.05) is 42.3 Å². The first-order valence-corrected chi connectivity index (χ1v) is 19.4. The molecule has 4 heteroatoms. The van der Waals surface area contributed by atoms with Crippen molar-refractivity contribution in [2.45, 2.75) is 37.5 Å². The van der Waals surface area contributed by atoms with E-state index in [0.717, 1.165) is 40.2 Å². The van der Waals surface area contributed by atoms with Crippen molar-refractivity contribution in [1.82, 2.24) is 15.0 Å². The number of hydrogen-bond acceptors (Lipinski definition) is 4. The minimum absolute atomic E-state index is 0.0530. The van der Waals surface area contributed by atoms with Gasteiger partial charge in [-0.25, -0.2) is 15.0 Å². The van der Waals surface area contributed by atoms with Gasteiger partial charge in [-0.2, -0.15) is 0 Å². The summed E-state index contributed by atoms with van der Waals surface area (Å²) in [6.45, 7) is 0. The third-order valence-corrected chi connectivity index (χ3v) is 14.2. The van der Waals surface area contributed by atoms with Crippen LogP contribution in [0.15, 0.2) is 127 Å². The summed E-state index contributed by atoms with van der Waals surface area (Å²) in [5, 5.41) is 5.17. The second-order valence-corrected chi connectivity index (χ2v) is 16.7. The van der Waals surface area contributed by atoms with E-state index in [-0.39, 0.29) is 5.41 Å². The van der Waals surface area contributed by atoms with Crippen LogP contribution in [0, 0.1) is 23.7 Å². The molecule has 5 aliphatic carbocycles. The molecule has 0 atom stereocenters. The number of hydrogen-bond donors (Lipinski definition) is 0. The van der Waals surface area contributed by atoms with Gasteiger partial charge in [0.25, 0.3) is 0 Å². The van der Waals surface area contributed by atoms with Gasteiger partial charge in [0.05, 0.1) is 0 Å². The summed E-state index contributed by atoms with van der Waals surface area (Å²) in [5.41, 5.74) is 9.16. The summed E-state index contributed by atoms with van der Waals surface area (Å²) in [4.78, 5) is 15.8. The largest absolute Gasteiger partial charge is 0.208 e. The molecule has 0 amide bonds. The Bertz CT molecular complexity index is 2700. The first-order valence-electron chi connectivity index (χ1n) is 18.6. The zero-order valence-corrected chi connectivity index (χ0v) is 29.0. The van der Waals surface area contributed by atoms with E-state index in [1.54, 1.807) is 5.56 Å². The molecule has 0 aliphatic heterocycles. The van der Waals surface area contributed by atoms with Crippen LogP contribution in [0.1, 0.15) is 43.2 Å². The molecule has 6 aromatic carbocycles. The summed E-state index contributed by atoms with van der Waals surface area (Å²) in [6, 6.07) is 46.9. The molecule has 1 spiro atoms. The average molecular weight is 674 g/mol. The molecule has 8 aromatic rings. The second-order valence-electron chi connectivity index (χ2n) is 15.6. The van der Waals surface area contributed by atoms with Gasteiger partial charge >= 0.3 is 0 Å². The van der Waals surface area contributed by atoms with Crippen molar-refractivity contribution in [1.29, 1.82) is 0 Å². The summed E-state index contributed by atoms with van der Waals surface area (Å²) < 4.78 is 2.53. The third-order valence-electron chi connectivity index (χ3n) is 13.1. The molecule has 2 aromatic heterocycles. The maximum absolute atomic E-state index is 5.36. The van der Waals surface area contributed by atoms with Crippen LogP contribution in [0.25, 0.3) is 76.2 Å². The van der Waals surface area contributed by atoms with Crippen molar-refractivity contribution in [3.63, 3.8) is 0 Å². The smallest absolute Gasteiger partial charge is 0.164 e. The van der Waals surface area contributed by atoms with Gasteiger partial charge in [-0.1, -0.05) is 97.1 Å². The van der Waals surface area contributed by atoms with Crippen molar-refractivity contribution < 1.29 is 0 Å². The number of aromatic nitrogens is 3. The molecule has 0 radical (unpaired) electrons. The van der Waals surface area contributed by atoms with Crippen molar-refractivity contribution in [2.24, 2.45) is 23.7 Å². The Morgan fingerprint density at radius 1 is 0.471 bits per heavy atom. The van der Waals surface area contributed by atoms with E-state index in [9.17, 15) is 0 Å². The fraction of sp³-hybridized carbons (Fsp3) is 0.213. The molecule has 2 heterocycles. The van der Waals surface area contributed by atoms with Gasteiger partial charge in [0.2, 0.25) is 0 Å². The van der Waals surface area contributed by atoms with Gasteiger partial charge in [-0.3, -0.25) is 0 Å². The second kappa shape index (κ2) is 10.4. The lowest BCUT2D eigenvalue weighted by Crippen LogP contribution is -2.55. The fourth-order valence-corrected chi connectivity index (χ4v) is 12.5. The quantitative estimate of drug-likeness (QED) is 0.187. The van der Waals surface area contributed by atoms with Crippen molar-refractivity contribution >= 4 is 42.3 Å². The molecule has 4 saturated carbocycles. The van der Waals surface area contributed by atoms with Gasteiger partial charge < -0.3 is 0 Å². The molecule has 3 nitrogen and oxygen atoms in total. The van der Waals surface area contributed by atoms with E-state index in [4.69, 9.17) is 15.0 Å². The van der Waals surface area contributed by atoms with Crippen LogP contribution in [0.5, 0.6) is 0 Å². The molecule has 0 saturated heterocycles. The van der Waals surface area contributed by atoms with Gasteiger partial charge in [0.1, 0.15) is 0 Å². The Kier molecular flexibility index (Phi) is 5.83. The first kappa shape index (κ1) is 28.5. The lowest BCUT2D eigenvalue weighted by molar-refractivity contribution is -0.0398. The maximum atomic E-state index is 5.36. The van der Waals surface area contributed by atoms with E-state index in [2.05, 4.69) is 127 Å². The topological polar surface area (TPSA) is 38.7 Å². The molecule has 13 rings (SSSR count). The number of thiophene rings is 1. The summed E-state index contributed by atoms with van der Waals surface area (Å²) in [5.74, 6) is 5.35. The lowest BCUT2D eigenvalue weighted by Gasteiger charge is -2.61. The van der Waals surface area contributed by atoms with E-state index < -0.39 is 0 Å². The maximum Gasteiger partial charge on any atom is 0.164 e. The van der Waals surface area contributed by atoms with Crippen LogP contribution >= 0.6 is 11.3 Å². The number of nitrogens with zero attached hydrogens (tertiary/aromatic N) is 3. The Hall–Kier alpha value is -5.19. The molecular formula is C47H35N3S. The lowest BCUT2D eigenvalue weighted by atomic mass is 9.43. The molecule has 5 aliphatic rings. The molecular weight excluding hydrogens is 639 g/mol. The summed E-state index contributed by atoms with van der Waals surface area (Å²) in [7, 11) is 0. The summed E-state index contributed by atoms with van der Waals surface area (Å²) >= 11 is 1.83. The van der Waals surface area contributed by atoms with Crippen LogP contribution in [-0.2, 0) is 5.41 Å². The van der Waals surface area contributed by atoms with Crippen LogP contribution < -0.4 is 0 Å². The van der Waals surface area contributed by atoms with Crippen LogP contribution in [0.2, 0.25) is 0 Å². The average Bonchev–Trinajstić information content (AvgIpc) is 3.69. The third kappa shape index (κ3) is 3.97. The van der Waals surface area contributed by atoms with Crippen LogP contribution in [-0.4, -0.2) is 15.0 Å². The zero-order chi connectivity index (χ0) is 33.3. The van der Waals surface area contributed by atoms with E-state index in [1.165, 1.54) is 79.7 Å². The Balaban J connectivity index is 1.10. The van der Waals surface area contributed by atoms with Crippen molar-refractivity contribution in [3.8, 4) is 45.3 Å². The van der Waals surface area contributed by atoms with Gasteiger partial charge in [-0.15, -0.1) is 11.3 Å². The standard InChI is InChI=1S/C47H35N3S/c1-2-9-29(10-3-1)44-48-45(50-46(49-44)37-14-8-16-42-43(37)36-13-6-7-15-41(36)51-42)32-17-18-35-38-24-30-11-4-5-12-31(30)25-40(38)47(39(35)26-32)33-20-27-19-28(22-33)23-34(47)21-27/h1-18,24-28,33-34H,19-23H2. The van der Waals surface area contributed by atoms with Crippen molar-refractivity contribution in [3.05, 3.63) is 139 Å². The van der Waals surface area contributed by atoms with E-state index in [0.29, 0.717) is 17.7 Å².